The van der Waals surface area contributed by atoms with Crippen molar-refractivity contribution in [3.8, 4) is 5.75 Å². The van der Waals surface area contributed by atoms with E-state index in [1.165, 1.54) is 0 Å². The average molecular weight is 283 g/mol. The number of amides is 1. The van der Waals surface area contributed by atoms with Crippen molar-refractivity contribution in [2.75, 3.05) is 12.4 Å². The summed E-state index contributed by atoms with van der Waals surface area (Å²) in [6.45, 7) is 3.99. The van der Waals surface area contributed by atoms with Gasteiger partial charge in [0.25, 0.3) is 0 Å². The molecule has 3 heteroatoms. The minimum absolute atomic E-state index is 0.0250. The molecule has 0 radical (unpaired) electrons. The lowest BCUT2D eigenvalue weighted by molar-refractivity contribution is -0.117. The fourth-order valence-corrected chi connectivity index (χ4v) is 2.38. The molecule has 21 heavy (non-hydrogen) atoms. The highest BCUT2D eigenvalue weighted by Gasteiger charge is 2.19. The SMILES string of the molecule is CC[C@@H](C(=O)Nc1ccc(OC)cc1C)c1ccccc1. The van der Waals surface area contributed by atoms with Crippen molar-refractivity contribution in [1.29, 1.82) is 0 Å². The Balaban J connectivity index is 2.16. The van der Waals surface area contributed by atoms with Crippen LogP contribution in [0.25, 0.3) is 0 Å². The number of carbonyl (C=O) groups excluding carboxylic acids is 1. The molecule has 1 N–H and O–H groups in total. The normalized spacial score (nSPS) is 11.8. The molecule has 2 aromatic rings. The van der Waals surface area contributed by atoms with Gasteiger partial charge in [-0.1, -0.05) is 37.3 Å². The molecule has 2 aromatic carbocycles. The van der Waals surface area contributed by atoms with E-state index in [9.17, 15) is 4.79 Å². The Morgan fingerprint density at radius 3 is 2.48 bits per heavy atom. The van der Waals surface area contributed by atoms with E-state index in [0.717, 1.165) is 29.0 Å². The first-order valence-corrected chi connectivity index (χ1v) is 7.16. The number of aryl methyl sites for hydroxylation is 1. The second-order valence-corrected chi connectivity index (χ2v) is 5.04. The van der Waals surface area contributed by atoms with Crippen molar-refractivity contribution in [3.05, 3.63) is 59.7 Å². The highest BCUT2D eigenvalue weighted by molar-refractivity contribution is 5.96. The van der Waals surface area contributed by atoms with E-state index in [0.29, 0.717) is 0 Å². The Morgan fingerprint density at radius 2 is 1.90 bits per heavy atom. The predicted octanol–water partition coefficient (Wildman–Crippen LogP) is 4.14. The Hall–Kier alpha value is -2.29. The molecule has 110 valence electrons. The molecule has 0 saturated heterocycles. The van der Waals surface area contributed by atoms with E-state index in [-0.39, 0.29) is 11.8 Å². The summed E-state index contributed by atoms with van der Waals surface area (Å²) in [5, 5.41) is 3.02. The van der Waals surface area contributed by atoms with E-state index >= 15 is 0 Å². The molecular weight excluding hydrogens is 262 g/mol. The quantitative estimate of drug-likeness (QED) is 0.895. The van der Waals surface area contributed by atoms with E-state index in [4.69, 9.17) is 4.74 Å². The molecule has 1 amide bonds. The van der Waals surface area contributed by atoms with Crippen LogP contribution >= 0.6 is 0 Å². The summed E-state index contributed by atoms with van der Waals surface area (Å²) in [5.41, 5.74) is 2.87. The Kier molecular flexibility index (Phi) is 4.99. The Bertz CT molecular complexity index is 608. The van der Waals surface area contributed by atoms with E-state index in [1.807, 2.05) is 62.4 Å². The van der Waals surface area contributed by atoms with Crippen LogP contribution in [0.5, 0.6) is 5.75 Å². The number of carbonyl (C=O) groups is 1. The molecule has 0 aliphatic carbocycles. The zero-order valence-corrected chi connectivity index (χ0v) is 12.7. The van der Waals surface area contributed by atoms with Crippen molar-refractivity contribution >= 4 is 11.6 Å². The number of benzene rings is 2. The molecule has 0 unspecified atom stereocenters. The van der Waals surface area contributed by atoms with Crippen LogP contribution in [0.15, 0.2) is 48.5 Å². The van der Waals surface area contributed by atoms with Crippen molar-refractivity contribution in [3.63, 3.8) is 0 Å². The van der Waals surface area contributed by atoms with E-state index in [1.54, 1.807) is 7.11 Å². The van der Waals surface area contributed by atoms with Gasteiger partial charge in [-0.25, -0.2) is 0 Å². The van der Waals surface area contributed by atoms with Gasteiger partial charge in [-0.3, -0.25) is 4.79 Å². The van der Waals surface area contributed by atoms with Crippen molar-refractivity contribution in [2.45, 2.75) is 26.2 Å². The van der Waals surface area contributed by atoms with Gasteiger partial charge in [-0.2, -0.15) is 0 Å². The molecule has 3 nitrogen and oxygen atoms in total. The topological polar surface area (TPSA) is 38.3 Å². The standard InChI is InChI=1S/C18H21NO2/c1-4-16(14-8-6-5-7-9-14)18(20)19-17-11-10-15(21-3)12-13(17)2/h5-12,16H,4H2,1-3H3,(H,19,20)/t16-/m1/s1. The third-order valence-corrected chi connectivity index (χ3v) is 3.62. The van der Waals surface area contributed by atoms with Gasteiger partial charge >= 0.3 is 0 Å². The first-order chi connectivity index (χ1) is 10.2. The van der Waals surface area contributed by atoms with Gasteiger partial charge < -0.3 is 10.1 Å². The largest absolute Gasteiger partial charge is 0.497 e. The molecule has 0 aromatic heterocycles. The van der Waals surface area contributed by atoms with Crippen LogP contribution in [0.1, 0.15) is 30.4 Å². The summed E-state index contributed by atoms with van der Waals surface area (Å²) in [6, 6.07) is 15.5. The number of hydrogen-bond acceptors (Lipinski definition) is 2. The summed E-state index contributed by atoms with van der Waals surface area (Å²) >= 11 is 0. The van der Waals surface area contributed by atoms with Crippen molar-refractivity contribution in [2.24, 2.45) is 0 Å². The van der Waals surface area contributed by atoms with Crippen LogP contribution in [0.4, 0.5) is 5.69 Å². The lowest BCUT2D eigenvalue weighted by Gasteiger charge is -2.17. The Morgan fingerprint density at radius 1 is 1.19 bits per heavy atom. The van der Waals surface area contributed by atoms with E-state index < -0.39 is 0 Å². The second-order valence-electron chi connectivity index (χ2n) is 5.04. The summed E-state index contributed by atoms with van der Waals surface area (Å²) < 4.78 is 5.18. The van der Waals surface area contributed by atoms with Crippen molar-refractivity contribution < 1.29 is 9.53 Å². The number of nitrogens with one attached hydrogen (secondary N) is 1. The average Bonchev–Trinajstić information content (AvgIpc) is 2.51. The summed E-state index contributed by atoms with van der Waals surface area (Å²) in [4.78, 5) is 12.5. The van der Waals surface area contributed by atoms with E-state index in [2.05, 4.69) is 5.32 Å². The molecule has 0 saturated carbocycles. The lowest BCUT2D eigenvalue weighted by atomic mass is 9.95. The maximum absolute atomic E-state index is 12.5. The lowest BCUT2D eigenvalue weighted by Crippen LogP contribution is -2.21. The van der Waals surface area contributed by atoms with Crippen LogP contribution in [-0.2, 0) is 4.79 Å². The number of anilines is 1. The first kappa shape index (κ1) is 15.1. The van der Waals surface area contributed by atoms with Gasteiger partial charge in [0, 0.05) is 5.69 Å². The van der Waals surface area contributed by atoms with Crippen LogP contribution < -0.4 is 10.1 Å². The van der Waals surface area contributed by atoms with Crippen molar-refractivity contribution in [1.82, 2.24) is 0 Å². The molecule has 0 aliphatic heterocycles. The Labute approximate surface area is 126 Å². The summed E-state index contributed by atoms with van der Waals surface area (Å²) in [5.74, 6) is 0.685. The highest BCUT2D eigenvalue weighted by atomic mass is 16.5. The zero-order valence-electron chi connectivity index (χ0n) is 12.7. The summed E-state index contributed by atoms with van der Waals surface area (Å²) in [7, 11) is 1.63. The number of rotatable bonds is 5. The summed E-state index contributed by atoms with van der Waals surface area (Å²) in [6.07, 6.45) is 0.769. The van der Waals surface area contributed by atoms with Crippen LogP contribution in [-0.4, -0.2) is 13.0 Å². The molecule has 1 atom stereocenters. The highest BCUT2D eigenvalue weighted by Crippen LogP contribution is 2.25. The van der Waals surface area contributed by atoms with Gasteiger partial charge in [0.15, 0.2) is 0 Å². The molecule has 0 aliphatic rings. The monoisotopic (exact) mass is 283 g/mol. The number of methoxy groups -OCH3 is 1. The fraction of sp³-hybridized carbons (Fsp3) is 0.278. The molecule has 0 fully saturated rings. The molecule has 2 rings (SSSR count). The predicted molar refractivity (Wildman–Crippen MR) is 85.8 cm³/mol. The van der Waals surface area contributed by atoms with Gasteiger partial charge in [-0.15, -0.1) is 0 Å². The molecular formula is C18H21NO2. The fourth-order valence-electron chi connectivity index (χ4n) is 2.38. The van der Waals surface area contributed by atoms with Gasteiger partial charge in [0.2, 0.25) is 5.91 Å². The molecule has 0 spiro atoms. The van der Waals surface area contributed by atoms with Gasteiger partial charge in [-0.05, 0) is 42.7 Å². The van der Waals surface area contributed by atoms with Gasteiger partial charge in [0.05, 0.1) is 13.0 Å². The third kappa shape index (κ3) is 3.63. The minimum atomic E-state index is -0.132. The molecule has 0 bridgehead atoms. The number of ether oxygens (including phenoxy) is 1. The smallest absolute Gasteiger partial charge is 0.231 e. The number of hydrogen-bond donors (Lipinski definition) is 1. The minimum Gasteiger partial charge on any atom is -0.497 e. The maximum Gasteiger partial charge on any atom is 0.231 e. The molecule has 0 heterocycles. The van der Waals surface area contributed by atoms with Crippen LogP contribution in [0.2, 0.25) is 0 Å². The second kappa shape index (κ2) is 6.93. The maximum atomic E-state index is 12.5. The zero-order chi connectivity index (χ0) is 15.2. The van der Waals surface area contributed by atoms with Crippen LogP contribution in [0, 0.1) is 6.92 Å². The van der Waals surface area contributed by atoms with Crippen LogP contribution in [0.3, 0.4) is 0 Å². The van der Waals surface area contributed by atoms with Gasteiger partial charge in [0.1, 0.15) is 5.75 Å². The third-order valence-electron chi connectivity index (χ3n) is 3.62. The first-order valence-electron chi connectivity index (χ1n) is 7.16.